The van der Waals surface area contributed by atoms with Crippen molar-refractivity contribution in [3.63, 3.8) is 0 Å². The maximum absolute atomic E-state index is 11.6. The predicted octanol–water partition coefficient (Wildman–Crippen LogP) is 0.905. The molecule has 0 aromatic carbocycles. The first-order valence-corrected chi connectivity index (χ1v) is 6.89. The van der Waals surface area contributed by atoms with E-state index in [1.165, 1.54) is 0 Å². The van der Waals surface area contributed by atoms with Crippen molar-refractivity contribution in [1.29, 1.82) is 0 Å². The van der Waals surface area contributed by atoms with E-state index in [0.29, 0.717) is 6.54 Å². The fraction of sp³-hybridized carbons (Fsp3) is 0.429. The number of piperidine rings is 1. The molecule has 2 aromatic rings. The molecule has 2 unspecified atom stereocenters. The zero-order chi connectivity index (χ0) is 14.8. The average Bonchev–Trinajstić information content (AvgIpc) is 2.93. The van der Waals surface area contributed by atoms with Gasteiger partial charge in [-0.3, -0.25) is 4.79 Å². The second-order valence-electron chi connectivity index (χ2n) is 5.27. The van der Waals surface area contributed by atoms with E-state index in [0.717, 1.165) is 24.6 Å². The molecule has 1 saturated heterocycles. The molecule has 110 valence electrons. The summed E-state index contributed by atoms with van der Waals surface area (Å²) in [4.78, 5) is 18.0. The zero-order valence-electron chi connectivity index (χ0n) is 11.8. The summed E-state index contributed by atoms with van der Waals surface area (Å²) in [6.07, 6.45) is 4.05. The molecule has 2 aromatic heterocycles. The molecule has 0 spiro atoms. The average molecular weight is 287 g/mol. The standard InChI is InChI=1S/C14H17N5O2/c1-18-9-16-17-13(18)10-5-7-19(8-11(10)14(20)21)12-4-2-3-6-15-12/h2-4,6,9-11H,5,7-8H2,1H3,(H,20,21). The third kappa shape index (κ3) is 2.58. The van der Waals surface area contributed by atoms with E-state index in [2.05, 4.69) is 15.2 Å². The molecule has 1 fully saturated rings. The summed E-state index contributed by atoms with van der Waals surface area (Å²) in [7, 11) is 1.85. The second-order valence-corrected chi connectivity index (χ2v) is 5.27. The Morgan fingerprint density at radius 3 is 2.90 bits per heavy atom. The third-order valence-corrected chi connectivity index (χ3v) is 3.98. The number of carboxylic acids is 1. The minimum absolute atomic E-state index is 0.116. The number of hydrogen-bond acceptors (Lipinski definition) is 5. The maximum Gasteiger partial charge on any atom is 0.309 e. The Morgan fingerprint density at radius 2 is 2.29 bits per heavy atom. The minimum atomic E-state index is -0.802. The molecule has 0 bridgehead atoms. The topological polar surface area (TPSA) is 84.1 Å². The molecular weight excluding hydrogens is 270 g/mol. The van der Waals surface area contributed by atoms with Crippen molar-refractivity contribution in [3.05, 3.63) is 36.5 Å². The predicted molar refractivity (Wildman–Crippen MR) is 75.9 cm³/mol. The van der Waals surface area contributed by atoms with Crippen molar-refractivity contribution in [2.24, 2.45) is 13.0 Å². The van der Waals surface area contributed by atoms with Crippen LogP contribution in [0.4, 0.5) is 5.82 Å². The van der Waals surface area contributed by atoms with Gasteiger partial charge in [0.25, 0.3) is 0 Å². The lowest BCUT2D eigenvalue weighted by molar-refractivity contribution is -0.142. The third-order valence-electron chi connectivity index (χ3n) is 3.98. The largest absolute Gasteiger partial charge is 0.481 e. The number of anilines is 1. The fourth-order valence-corrected chi connectivity index (χ4v) is 2.89. The summed E-state index contributed by atoms with van der Waals surface area (Å²) < 4.78 is 1.80. The number of pyridine rings is 1. The van der Waals surface area contributed by atoms with E-state index < -0.39 is 11.9 Å². The van der Waals surface area contributed by atoms with Crippen LogP contribution in [-0.2, 0) is 11.8 Å². The van der Waals surface area contributed by atoms with Crippen LogP contribution in [0.15, 0.2) is 30.7 Å². The Hall–Kier alpha value is -2.44. The van der Waals surface area contributed by atoms with Gasteiger partial charge in [-0.05, 0) is 18.6 Å². The quantitative estimate of drug-likeness (QED) is 0.903. The Morgan fingerprint density at radius 1 is 1.43 bits per heavy atom. The summed E-state index contributed by atoms with van der Waals surface area (Å²) in [5.41, 5.74) is 0. The van der Waals surface area contributed by atoms with Crippen LogP contribution in [0.3, 0.4) is 0 Å². The Kier molecular flexibility index (Phi) is 3.55. The van der Waals surface area contributed by atoms with E-state index >= 15 is 0 Å². The zero-order valence-corrected chi connectivity index (χ0v) is 11.8. The molecule has 1 aliphatic rings. The van der Waals surface area contributed by atoms with Gasteiger partial charge in [-0.15, -0.1) is 10.2 Å². The highest BCUT2D eigenvalue weighted by molar-refractivity contribution is 5.72. The van der Waals surface area contributed by atoms with Gasteiger partial charge in [-0.2, -0.15) is 0 Å². The summed E-state index contributed by atoms with van der Waals surface area (Å²) in [6, 6.07) is 5.67. The first kappa shape index (κ1) is 13.5. The molecule has 0 saturated carbocycles. The minimum Gasteiger partial charge on any atom is -0.481 e. The van der Waals surface area contributed by atoms with Crippen LogP contribution in [0.5, 0.6) is 0 Å². The monoisotopic (exact) mass is 287 g/mol. The van der Waals surface area contributed by atoms with Gasteiger partial charge in [0.2, 0.25) is 0 Å². The molecule has 7 nitrogen and oxygen atoms in total. The fourth-order valence-electron chi connectivity index (χ4n) is 2.89. The molecule has 7 heteroatoms. The normalized spacial score (nSPS) is 22.2. The lowest BCUT2D eigenvalue weighted by atomic mass is 9.84. The van der Waals surface area contributed by atoms with Gasteiger partial charge in [-0.1, -0.05) is 6.07 Å². The van der Waals surface area contributed by atoms with E-state index in [1.807, 2.05) is 30.1 Å². The van der Waals surface area contributed by atoms with E-state index in [1.54, 1.807) is 17.1 Å². The van der Waals surface area contributed by atoms with Gasteiger partial charge in [-0.25, -0.2) is 4.98 Å². The molecule has 0 aliphatic carbocycles. The molecule has 21 heavy (non-hydrogen) atoms. The van der Waals surface area contributed by atoms with Crippen molar-refractivity contribution >= 4 is 11.8 Å². The Bertz CT molecular complexity index is 627. The van der Waals surface area contributed by atoms with Crippen LogP contribution >= 0.6 is 0 Å². The number of nitrogens with zero attached hydrogens (tertiary/aromatic N) is 5. The van der Waals surface area contributed by atoms with E-state index in [9.17, 15) is 9.90 Å². The number of aryl methyl sites for hydroxylation is 1. The molecular formula is C14H17N5O2. The molecule has 3 heterocycles. The van der Waals surface area contributed by atoms with Crippen molar-refractivity contribution in [2.75, 3.05) is 18.0 Å². The van der Waals surface area contributed by atoms with Crippen molar-refractivity contribution in [1.82, 2.24) is 19.7 Å². The molecule has 1 aliphatic heterocycles. The van der Waals surface area contributed by atoms with Crippen LogP contribution in [0, 0.1) is 5.92 Å². The van der Waals surface area contributed by atoms with Crippen LogP contribution in [0.25, 0.3) is 0 Å². The van der Waals surface area contributed by atoms with Gasteiger partial charge in [0.15, 0.2) is 0 Å². The number of aromatic nitrogens is 4. The highest BCUT2D eigenvalue weighted by Gasteiger charge is 2.38. The number of carbonyl (C=O) groups is 1. The summed E-state index contributed by atoms with van der Waals surface area (Å²) in [5, 5.41) is 17.5. The maximum atomic E-state index is 11.6. The highest BCUT2D eigenvalue weighted by atomic mass is 16.4. The van der Waals surface area contributed by atoms with Gasteiger partial charge < -0.3 is 14.6 Å². The molecule has 2 atom stereocenters. The van der Waals surface area contributed by atoms with E-state index in [4.69, 9.17) is 0 Å². The smallest absolute Gasteiger partial charge is 0.309 e. The lowest BCUT2D eigenvalue weighted by Crippen LogP contribution is -2.44. The van der Waals surface area contributed by atoms with Gasteiger partial charge in [0.05, 0.1) is 5.92 Å². The molecule has 3 rings (SSSR count). The second kappa shape index (κ2) is 5.51. The SMILES string of the molecule is Cn1cnnc1C1CCN(c2ccccn2)CC1C(=O)O. The number of carboxylic acid groups (broad SMARTS) is 1. The first-order valence-electron chi connectivity index (χ1n) is 6.89. The number of rotatable bonds is 3. The van der Waals surface area contributed by atoms with Crippen molar-refractivity contribution in [3.8, 4) is 0 Å². The number of aliphatic carboxylic acids is 1. The first-order chi connectivity index (χ1) is 10.2. The summed E-state index contributed by atoms with van der Waals surface area (Å²) in [6.45, 7) is 1.20. The van der Waals surface area contributed by atoms with Crippen molar-refractivity contribution < 1.29 is 9.90 Å². The lowest BCUT2D eigenvalue weighted by Gasteiger charge is -2.36. The molecule has 1 N–H and O–H groups in total. The van der Waals surface area contributed by atoms with Crippen LogP contribution in [-0.4, -0.2) is 43.9 Å². The molecule has 0 amide bonds. The van der Waals surface area contributed by atoms with Crippen molar-refractivity contribution in [2.45, 2.75) is 12.3 Å². The van der Waals surface area contributed by atoms with Crippen LogP contribution in [0.1, 0.15) is 18.2 Å². The van der Waals surface area contributed by atoms with Gasteiger partial charge >= 0.3 is 5.97 Å². The summed E-state index contributed by atoms with van der Waals surface area (Å²) >= 11 is 0. The summed E-state index contributed by atoms with van der Waals surface area (Å²) in [5.74, 6) is 0.130. The highest BCUT2D eigenvalue weighted by Crippen LogP contribution is 2.33. The van der Waals surface area contributed by atoms with E-state index in [-0.39, 0.29) is 5.92 Å². The van der Waals surface area contributed by atoms with Gasteiger partial charge in [0.1, 0.15) is 18.0 Å². The number of hydrogen-bond donors (Lipinski definition) is 1. The molecule has 0 radical (unpaired) electrons. The van der Waals surface area contributed by atoms with Gasteiger partial charge in [0, 0.05) is 32.3 Å². The van der Waals surface area contributed by atoms with Crippen LogP contribution in [0.2, 0.25) is 0 Å². The Labute approximate surface area is 122 Å². The Balaban J connectivity index is 1.84. The van der Waals surface area contributed by atoms with Crippen LogP contribution < -0.4 is 4.90 Å².